The van der Waals surface area contributed by atoms with Gasteiger partial charge in [0.15, 0.2) is 0 Å². The highest BCUT2D eigenvalue weighted by Gasteiger charge is 2.38. The Kier molecular flexibility index (Phi) is 4.28. The summed E-state index contributed by atoms with van der Waals surface area (Å²) in [6, 6.07) is 6.87. The van der Waals surface area contributed by atoms with E-state index in [1.807, 2.05) is 35.1 Å². The smallest absolute Gasteiger partial charge is 0.232 e. The fourth-order valence-corrected chi connectivity index (χ4v) is 4.61. The lowest BCUT2D eigenvalue weighted by molar-refractivity contribution is -0.118. The molecule has 2 aliphatic carbocycles. The summed E-state index contributed by atoms with van der Waals surface area (Å²) in [5.74, 6) is 1.48. The number of nitrogens with one attached hydrogen (secondary N) is 1. The molecule has 1 heterocycles. The first-order valence-electron chi connectivity index (χ1n) is 8.27. The third-order valence-corrected chi connectivity index (χ3v) is 6.00. The minimum absolute atomic E-state index is 0.0778. The zero-order valence-corrected chi connectivity index (χ0v) is 15.3. The molecule has 0 bridgehead atoms. The van der Waals surface area contributed by atoms with Crippen LogP contribution >= 0.6 is 22.9 Å². The highest BCUT2D eigenvalue weighted by atomic mass is 127. The van der Waals surface area contributed by atoms with Gasteiger partial charge in [0.2, 0.25) is 5.91 Å². The summed E-state index contributed by atoms with van der Waals surface area (Å²) in [5, 5.41) is 0.941. The summed E-state index contributed by atoms with van der Waals surface area (Å²) in [7, 11) is 0. The van der Waals surface area contributed by atoms with Crippen LogP contribution in [0.25, 0.3) is 10.9 Å². The number of hydrogen-bond acceptors (Lipinski definition) is 2. The van der Waals surface area contributed by atoms with Gasteiger partial charge in [-0.1, -0.05) is 11.6 Å². The van der Waals surface area contributed by atoms with Gasteiger partial charge in [0, 0.05) is 18.0 Å². The largest absolute Gasteiger partial charge is 0.299 e. The number of halogens is 2. The van der Waals surface area contributed by atoms with Crippen LogP contribution in [0, 0.1) is 17.7 Å². The molecule has 2 unspecified atom stereocenters. The molecule has 1 fully saturated rings. The summed E-state index contributed by atoms with van der Waals surface area (Å²) < 4.78 is 16.3. The molecule has 24 heavy (non-hydrogen) atoms. The number of carbonyl (C=O) groups is 1. The number of rotatable bonds is 3. The van der Waals surface area contributed by atoms with Gasteiger partial charge < -0.3 is 0 Å². The fourth-order valence-electron chi connectivity index (χ4n) is 4.42. The predicted octanol–water partition coefficient (Wildman–Crippen LogP) is 4.67. The summed E-state index contributed by atoms with van der Waals surface area (Å²) in [5.41, 5.74) is 3.35. The number of amides is 1. The van der Waals surface area contributed by atoms with Crippen molar-refractivity contribution in [3.63, 3.8) is 0 Å². The number of benzene rings is 1. The third kappa shape index (κ3) is 2.94. The summed E-state index contributed by atoms with van der Waals surface area (Å²) in [4.78, 5) is 15.9. The van der Waals surface area contributed by atoms with E-state index in [1.165, 1.54) is 17.2 Å². The Hall–Kier alpha value is -1.50. The molecule has 1 aromatic carbocycles. The molecular formula is C19H18FIN2O. The van der Waals surface area contributed by atoms with Crippen molar-refractivity contribution >= 4 is 39.7 Å². The fraction of sp³-hybridized carbons (Fsp3) is 0.368. The number of allylic oxidation sites excluding steroid dienone is 1. The molecule has 1 amide bonds. The lowest BCUT2D eigenvalue weighted by atomic mass is 9.91. The van der Waals surface area contributed by atoms with Crippen LogP contribution in [0.2, 0.25) is 0 Å². The molecule has 0 spiro atoms. The molecule has 1 N–H and O–H groups in total. The van der Waals surface area contributed by atoms with Crippen LogP contribution < -0.4 is 3.53 Å². The highest BCUT2D eigenvalue weighted by Crippen LogP contribution is 2.50. The third-order valence-electron chi connectivity index (χ3n) is 5.39. The molecule has 4 rings (SSSR count). The van der Waals surface area contributed by atoms with Gasteiger partial charge in [-0.15, -0.1) is 0 Å². The van der Waals surface area contributed by atoms with Crippen molar-refractivity contribution < 1.29 is 9.18 Å². The van der Waals surface area contributed by atoms with Crippen LogP contribution in [-0.4, -0.2) is 10.9 Å². The normalized spacial score (nSPS) is 25.6. The van der Waals surface area contributed by atoms with Crippen LogP contribution in [0.4, 0.5) is 4.39 Å². The second-order valence-corrected chi connectivity index (χ2v) is 7.42. The Balaban J connectivity index is 1.57. The molecule has 3 nitrogen and oxygen atoms in total. The summed E-state index contributed by atoms with van der Waals surface area (Å²) in [6.07, 6.45) is 7.85. The van der Waals surface area contributed by atoms with Crippen molar-refractivity contribution in [2.75, 3.05) is 0 Å². The Morgan fingerprint density at radius 2 is 2.21 bits per heavy atom. The van der Waals surface area contributed by atoms with E-state index in [0.717, 1.165) is 30.2 Å². The van der Waals surface area contributed by atoms with Crippen molar-refractivity contribution in [2.45, 2.75) is 31.6 Å². The van der Waals surface area contributed by atoms with E-state index in [9.17, 15) is 9.18 Å². The van der Waals surface area contributed by atoms with Gasteiger partial charge in [-0.25, -0.2) is 4.39 Å². The quantitative estimate of drug-likeness (QED) is 0.432. The van der Waals surface area contributed by atoms with Crippen LogP contribution in [0.15, 0.2) is 42.1 Å². The number of nitrogens with zero attached hydrogens (tertiary/aromatic N) is 1. The van der Waals surface area contributed by atoms with Crippen molar-refractivity contribution in [2.24, 2.45) is 11.8 Å². The number of aromatic nitrogens is 1. The molecule has 2 aromatic rings. The second-order valence-electron chi connectivity index (χ2n) is 6.88. The van der Waals surface area contributed by atoms with Gasteiger partial charge in [0.1, 0.15) is 5.82 Å². The van der Waals surface area contributed by atoms with Gasteiger partial charge >= 0.3 is 0 Å². The van der Waals surface area contributed by atoms with Crippen molar-refractivity contribution in [3.8, 4) is 0 Å². The SMILES string of the molecule is O=C(CC1=CC2C[C@@H](c3ccnc4ccc(F)cc34)CC2C1)NI. The van der Waals surface area contributed by atoms with E-state index >= 15 is 0 Å². The van der Waals surface area contributed by atoms with Crippen LogP contribution in [0.5, 0.6) is 0 Å². The molecular weight excluding hydrogens is 418 g/mol. The maximum atomic E-state index is 13.7. The lowest BCUT2D eigenvalue weighted by Crippen LogP contribution is -2.11. The molecule has 3 atom stereocenters. The van der Waals surface area contributed by atoms with Crippen molar-refractivity contribution in [1.82, 2.24) is 8.51 Å². The predicted molar refractivity (Wildman–Crippen MR) is 100 cm³/mol. The van der Waals surface area contributed by atoms with E-state index < -0.39 is 0 Å². The highest BCUT2D eigenvalue weighted by molar-refractivity contribution is 14.1. The van der Waals surface area contributed by atoms with Crippen molar-refractivity contribution in [1.29, 1.82) is 0 Å². The van der Waals surface area contributed by atoms with Gasteiger partial charge in [0.05, 0.1) is 28.4 Å². The topological polar surface area (TPSA) is 42.0 Å². The number of fused-ring (bicyclic) bond motifs is 2. The zero-order chi connectivity index (χ0) is 16.7. The molecule has 1 aromatic heterocycles. The van der Waals surface area contributed by atoms with Crippen molar-refractivity contribution in [3.05, 3.63) is 53.5 Å². The van der Waals surface area contributed by atoms with E-state index in [1.54, 1.807) is 12.1 Å². The molecule has 124 valence electrons. The van der Waals surface area contributed by atoms with E-state index in [-0.39, 0.29) is 11.7 Å². The minimum atomic E-state index is -0.207. The monoisotopic (exact) mass is 436 g/mol. The van der Waals surface area contributed by atoms with E-state index in [2.05, 4.69) is 14.6 Å². The Labute approximate surface area is 154 Å². The van der Waals surface area contributed by atoms with Crippen LogP contribution in [-0.2, 0) is 4.79 Å². The van der Waals surface area contributed by atoms with Gasteiger partial charge in [-0.3, -0.25) is 13.3 Å². The van der Waals surface area contributed by atoms with Crippen LogP contribution in [0.1, 0.15) is 37.2 Å². The van der Waals surface area contributed by atoms with Gasteiger partial charge in [-0.05, 0) is 66.8 Å². The first-order chi connectivity index (χ1) is 11.6. The van der Waals surface area contributed by atoms with Gasteiger partial charge in [-0.2, -0.15) is 0 Å². The summed E-state index contributed by atoms with van der Waals surface area (Å²) in [6.45, 7) is 0. The van der Waals surface area contributed by atoms with Crippen LogP contribution in [0.3, 0.4) is 0 Å². The first kappa shape index (κ1) is 16.0. The Morgan fingerprint density at radius 3 is 3.00 bits per heavy atom. The molecule has 0 saturated heterocycles. The number of hydrogen-bond donors (Lipinski definition) is 1. The average molecular weight is 436 g/mol. The Morgan fingerprint density at radius 1 is 1.33 bits per heavy atom. The number of carbonyl (C=O) groups excluding carboxylic acids is 1. The second kappa shape index (κ2) is 6.43. The average Bonchev–Trinajstić information content (AvgIpc) is 3.12. The standard InChI is InChI=1S/C19H18FIN2O/c20-15-1-2-18-17(10-15)16(3-4-22-18)14-8-12-5-11(6-13(12)9-14)7-19(24)23-21/h1-5,10,12-14H,6-9H2,(H,23,24)/t12?,13?,14-/m1/s1. The molecule has 5 heteroatoms. The molecule has 0 aliphatic heterocycles. The molecule has 2 aliphatic rings. The minimum Gasteiger partial charge on any atom is -0.299 e. The number of pyridine rings is 1. The van der Waals surface area contributed by atoms with Gasteiger partial charge in [0.25, 0.3) is 0 Å². The molecule has 0 radical (unpaired) electrons. The lowest BCUT2D eigenvalue weighted by Gasteiger charge is -2.14. The Bertz CT molecular complexity index is 835. The maximum absolute atomic E-state index is 13.7. The van der Waals surface area contributed by atoms with E-state index in [0.29, 0.717) is 24.2 Å². The zero-order valence-electron chi connectivity index (χ0n) is 13.1. The molecule has 1 saturated carbocycles. The summed E-state index contributed by atoms with van der Waals surface area (Å²) >= 11 is 1.89. The maximum Gasteiger partial charge on any atom is 0.232 e. The van der Waals surface area contributed by atoms with E-state index in [4.69, 9.17) is 0 Å². The first-order valence-corrected chi connectivity index (χ1v) is 9.35.